The first-order valence-corrected chi connectivity index (χ1v) is 6.26. The summed E-state index contributed by atoms with van der Waals surface area (Å²) in [5.41, 5.74) is -0.153. The topological polar surface area (TPSA) is 58.4 Å². The average Bonchev–Trinajstić information content (AvgIpc) is 2.35. The maximum absolute atomic E-state index is 13.7. The first-order chi connectivity index (χ1) is 8.93. The molecule has 106 valence electrons. The van der Waals surface area contributed by atoms with Gasteiger partial charge < -0.3 is 10.2 Å². The molecule has 6 heteroatoms. The van der Waals surface area contributed by atoms with Crippen molar-refractivity contribution in [3.8, 4) is 0 Å². The molecule has 1 N–H and O–H groups in total. The molecule has 0 atom stereocenters. The fraction of sp³-hybridized carbons (Fsp3) is 0.538. The van der Waals surface area contributed by atoms with Crippen LogP contribution in [0.3, 0.4) is 0 Å². The zero-order chi connectivity index (χ0) is 14.4. The number of hydrogen-bond donors (Lipinski definition) is 1. The molecule has 0 saturated heterocycles. The van der Waals surface area contributed by atoms with Crippen LogP contribution < -0.4 is 5.32 Å². The molecule has 1 aromatic carbocycles. The number of benzene rings is 1. The third kappa shape index (κ3) is 4.57. The van der Waals surface area contributed by atoms with E-state index in [9.17, 15) is 14.5 Å². The number of nitrogens with zero attached hydrogens (tertiary/aromatic N) is 2. The second-order valence-electron chi connectivity index (χ2n) is 4.76. The minimum Gasteiger partial charge on any atom is -0.311 e. The SMILES string of the molecule is CC(C)N(C)CCNCc1cccc([N+](=O)[O-])c1F. The Kier molecular flexibility index (Phi) is 5.85. The molecule has 0 radical (unpaired) electrons. The maximum atomic E-state index is 13.7. The fourth-order valence-electron chi connectivity index (χ4n) is 1.58. The van der Waals surface area contributed by atoms with Crippen LogP contribution in [0, 0.1) is 15.9 Å². The maximum Gasteiger partial charge on any atom is 0.305 e. The normalized spacial score (nSPS) is 11.3. The monoisotopic (exact) mass is 269 g/mol. The third-order valence-corrected chi connectivity index (χ3v) is 3.09. The minimum atomic E-state index is -0.753. The van der Waals surface area contributed by atoms with Crippen molar-refractivity contribution in [3.05, 3.63) is 39.7 Å². The van der Waals surface area contributed by atoms with Gasteiger partial charge in [-0.15, -0.1) is 0 Å². The van der Waals surface area contributed by atoms with Gasteiger partial charge in [0.15, 0.2) is 0 Å². The molecule has 0 amide bonds. The number of nitro groups is 1. The molecule has 0 aromatic heterocycles. The van der Waals surface area contributed by atoms with E-state index >= 15 is 0 Å². The van der Waals surface area contributed by atoms with Crippen molar-refractivity contribution in [2.75, 3.05) is 20.1 Å². The van der Waals surface area contributed by atoms with Crippen LogP contribution in [0.1, 0.15) is 19.4 Å². The lowest BCUT2D eigenvalue weighted by Crippen LogP contribution is -2.33. The van der Waals surface area contributed by atoms with Gasteiger partial charge in [0, 0.05) is 37.3 Å². The summed E-state index contributed by atoms with van der Waals surface area (Å²) in [6.45, 7) is 6.03. The van der Waals surface area contributed by atoms with E-state index in [2.05, 4.69) is 24.1 Å². The van der Waals surface area contributed by atoms with Gasteiger partial charge in [-0.3, -0.25) is 10.1 Å². The van der Waals surface area contributed by atoms with Gasteiger partial charge in [-0.2, -0.15) is 4.39 Å². The number of likely N-dealkylation sites (N-methyl/N-ethyl adjacent to an activating group) is 1. The third-order valence-electron chi connectivity index (χ3n) is 3.09. The van der Waals surface area contributed by atoms with Crippen molar-refractivity contribution in [3.63, 3.8) is 0 Å². The Bertz CT molecular complexity index is 438. The van der Waals surface area contributed by atoms with E-state index in [1.54, 1.807) is 6.07 Å². The highest BCUT2D eigenvalue weighted by atomic mass is 19.1. The highest BCUT2D eigenvalue weighted by Crippen LogP contribution is 2.19. The van der Waals surface area contributed by atoms with Crippen LogP contribution >= 0.6 is 0 Å². The summed E-state index contributed by atoms with van der Waals surface area (Å²) in [5, 5.41) is 13.7. The molecule has 0 aliphatic carbocycles. The Hall–Kier alpha value is -1.53. The Morgan fingerprint density at radius 3 is 2.74 bits per heavy atom. The molecule has 0 bridgehead atoms. The van der Waals surface area contributed by atoms with E-state index in [0.717, 1.165) is 6.54 Å². The van der Waals surface area contributed by atoms with E-state index < -0.39 is 16.4 Å². The van der Waals surface area contributed by atoms with Crippen LogP contribution in [0.5, 0.6) is 0 Å². The van der Waals surface area contributed by atoms with Crippen LogP contribution in [0.25, 0.3) is 0 Å². The van der Waals surface area contributed by atoms with Crippen LogP contribution in [-0.4, -0.2) is 36.0 Å². The molecule has 1 rings (SSSR count). The lowest BCUT2D eigenvalue weighted by molar-refractivity contribution is -0.387. The summed E-state index contributed by atoms with van der Waals surface area (Å²) in [6.07, 6.45) is 0. The molecular weight excluding hydrogens is 249 g/mol. The molecule has 0 aliphatic rings. The summed E-state index contributed by atoms with van der Waals surface area (Å²) in [5.74, 6) is -0.753. The molecule has 19 heavy (non-hydrogen) atoms. The van der Waals surface area contributed by atoms with Gasteiger partial charge in [0.25, 0.3) is 0 Å². The standard InChI is InChI=1S/C13H20FN3O2/c1-10(2)16(3)8-7-15-9-11-5-4-6-12(13(11)14)17(18)19/h4-6,10,15H,7-9H2,1-3H3. The van der Waals surface area contributed by atoms with Crippen molar-refractivity contribution in [2.45, 2.75) is 26.4 Å². The predicted octanol–water partition coefficient (Wildman–Crippen LogP) is 2.16. The molecule has 0 unspecified atom stereocenters. The Morgan fingerprint density at radius 2 is 2.16 bits per heavy atom. The zero-order valence-electron chi connectivity index (χ0n) is 11.5. The molecule has 0 saturated carbocycles. The van der Waals surface area contributed by atoms with Gasteiger partial charge in [-0.25, -0.2) is 0 Å². The van der Waals surface area contributed by atoms with Gasteiger partial charge in [0.1, 0.15) is 0 Å². The zero-order valence-corrected chi connectivity index (χ0v) is 11.5. The smallest absolute Gasteiger partial charge is 0.305 e. The highest BCUT2D eigenvalue weighted by Gasteiger charge is 2.16. The second-order valence-corrected chi connectivity index (χ2v) is 4.76. The minimum absolute atomic E-state index is 0.291. The van der Waals surface area contributed by atoms with E-state index in [4.69, 9.17) is 0 Å². The quantitative estimate of drug-likeness (QED) is 0.468. The van der Waals surface area contributed by atoms with Crippen LogP contribution in [0.2, 0.25) is 0 Å². The molecule has 5 nitrogen and oxygen atoms in total. The molecule has 1 aromatic rings. The van der Waals surface area contributed by atoms with E-state index in [1.807, 2.05) is 7.05 Å². The number of hydrogen-bond acceptors (Lipinski definition) is 4. The van der Waals surface area contributed by atoms with Gasteiger partial charge >= 0.3 is 5.69 Å². The predicted molar refractivity (Wildman–Crippen MR) is 72.5 cm³/mol. The summed E-state index contributed by atoms with van der Waals surface area (Å²) in [6, 6.07) is 4.68. The Morgan fingerprint density at radius 1 is 1.47 bits per heavy atom. The molecule has 0 spiro atoms. The fourth-order valence-corrected chi connectivity index (χ4v) is 1.58. The first kappa shape index (κ1) is 15.5. The Balaban J connectivity index is 2.50. The van der Waals surface area contributed by atoms with E-state index in [1.165, 1.54) is 12.1 Å². The summed E-state index contributed by atoms with van der Waals surface area (Å²) >= 11 is 0. The number of nitro benzene ring substituents is 1. The second kappa shape index (κ2) is 7.16. The van der Waals surface area contributed by atoms with Crippen molar-refractivity contribution in [2.24, 2.45) is 0 Å². The van der Waals surface area contributed by atoms with Gasteiger partial charge in [-0.1, -0.05) is 12.1 Å². The van der Waals surface area contributed by atoms with Gasteiger partial charge in [0.05, 0.1) is 4.92 Å². The van der Waals surface area contributed by atoms with E-state index in [-0.39, 0.29) is 0 Å². The molecule has 0 aliphatic heterocycles. The lowest BCUT2D eigenvalue weighted by atomic mass is 10.2. The lowest BCUT2D eigenvalue weighted by Gasteiger charge is -2.20. The molecule has 0 heterocycles. The number of halogens is 1. The summed E-state index contributed by atoms with van der Waals surface area (Å²) in [4.78, 5) is 12.1. The molecular formula is C13H20FN3O2. The van der Waals surface area contributed by atoms with Gasteiger partial charge in [-0.05, 0) is 20.9 Å². The molecule has 0 fully saturated rings. The summed E-state index contributed by atoms with van der Waals surface area (Å²) in [7, 11) is 2.01. The van der Waals surface area contributed by atoms with Crippen LogP contribution in [0.4, 0.5) is 10.1 Å². The number of nitrogens with one attached hydrogen (secondary N) is 1. The number of rotatable bonds is 7. The van der Waals surface area contributed by atoms with Crippen LogP contribution in [-0.2, 0) is 6.54 Å². The Labute approximate surface area is 112 Å². The van der Waals surface area contributed by atoms with Crippen molar-refractivity contribution < 1.29 is 9.31 Å². The highest BCUT2D eigenvalue weighted by molar-refractivity contribution is 5.36. The largest absolute Gasteiger partial charge is 0.311 e. The van der Waals surface area contributed by atoms with Crippen molar-refractivity contribution in [1.29, 1.82) is 0 Å². The average molecular weight is 269 g/mol. The van der Waals surface area contributed by atoms with Gasteiger partial charge in [0.2, 0.25) is 5.82 Å². The van der Waals surface area contributed by atoms with Crippen molar-refractivity contribution in [1.82, 2.24) is 10.2 Å². The van der Waals surface area contributed by atoms with Crippen molar-refractivity contribution >= 4 is 5.69 Å². The van der Waals surface area contributed by atoms with E-state index in [0.29, 0.717) is 24.7 Å². The van der Waals surface area contributed by atoms with Crippen LogP contribution in [0.15, 0.2) is 18.2 Å². The first-order valence-electron chi connectivity index (χ1n) is 6.26. The summed E-state index contributed by atoms with van der Waals surface area (Å²) < 4.78 is 13.7.